The van der Waals surface area contributed by atoms with Crippen molar-refractivity contribution in [1.82, 2.24) is 0 Å². The first-order chi connectivity index (χ1) is 2.00. The van der Waals surface area contributed by atoms with Crippen LogP contribution < -0.4 is 0 Å². The van der Waals surface area contributed by atoms with Gasteiger partial charge in [-0.15, -0.1) is 0 Å². The second-order valence-electron chi connectivity index (χ2n) is 0.600. The van der Waals surface area contributed by atoms with Crippen LogP contribution in [0.5, 0.6) is 0 Å². The molecule has 0 atom stereocenters. The van der Waals surface area contributed by atoms with Crippen molar-refractivity contribution in [3.05, 3.63) is 0 Å². The van der Waals surface area contributed by atoms with Crippen LogP contribution in [0.2, 0.25) is 0 Å². The van der Waals surface area contributed by atoms with E-state index in [0.717, 1.165) is 0 Å². The molecule has 0 spiro atoms. The average Bonchev–Trinajstić information content (AvgIpc) is 0.722. The van der Waals surface area contributed by atoms with Crippen LogP contribution in [0.25, 0.3) is 0 Å². The van der Waals surface area contributed by atoms with Crippen molar-refractivity contribution in [2.75, 3.05) is 0 Å². The van der Waals surface area contributed by atoms with Crippen LogP contribution in [0.4, 0.5) is 0 Å². The summed E-state index contributed by atoms with van der Waals surface area (Å²) in [7, 11) is 0. The molecule has 7 heteroatoms. The Labute approximate surface area is 72.1 Å². The van der Waals surface area contributed by atoms with Gasteiger partial charge in [0.05, 0.1) is 0 Å². The van der Waals surface area contributed by atoms with Gasteiger partial charge in [0, 0.05) is 39.7 Å². The van der Waals surface area contributed by atoms with Crippen molar-refractivity contribution < 1.29 is 72.6 Å². The monoisotopic (exact) mass is 261 g/mol. The van der Waals surface area contributed by atoms with Crippen LogP contribution in [0, 0.1) is 0 Å². The van der Waals surface area contributed by atoms with Gasteiger partial charge in [-0.25, -0.2) is 0 Å². The zero-order chi connectivity index (χ0) is 4.50. The standard InChI is InChI=1S/Cr.Nb.4H2O.Ti/h;;4*1H2;/q;;;;;;+4/p-4. The Balaban J connectivity index is -0.0000000800. The summed E-state index contributed by atoms with van der Waals surface area (Å²) in [4.78, 5) is 0. The van der Waals surface area contributed by atoms with Crippen molar-refractivity contribution in [3.63, 3.8) is 0 Å². The van der Waals surface area contributed by atoms with E-state index < -0.39 is 18.1 Å². The third-order valence-electron chi connectivity index (χ3n) is 0. The molecule has 0 rings (SSSR count). The van der Waals surface area contributed by atoms with Gasteiger partial charge in [-0.05, 0) is 0 Å². The molecule has 0 aliphatic heterocycles. The van der Waals surface area contributed by atoms with Gasteiger partial charge in [0.1, 0.15) is 0 Å². The van der Waals surface area contributed by atoms with Crippen LogP contribution in [0.1, 0.15) is 0 Å². The van der Waals surface area contributed by atoms with E-state index in [2.05, 4.69) is 0 Å². The molecule has 0 aliphatic carbocycles. The predicted octanol–water partition coefficient (Wildman–Crippen LogP) is -2.24. The second kappa shape index (κ2) is 5.95. The van der Waals surface area contributed by atoms with E-state index in [1.807, 2.05) is 0 Å². The summed E-state index contributed by atoms with van der Waals surface area (Å²) in [6, 6.07) is 0. The summed E-state index contributed by atoms with van der Waals surface area (Å²) in [5.74, 6) is 0. The first kappa shape index (κ1) is 15.9. The van der Waals surface area contributed by atoms with Gasteiger partial charge in [-0.2, -0.15) is 0 Å². The Morgan fingerprint density at radius 2 is 0.857 bits per heavy atom. The molecule has 0 aromatic rings. The van der Waals surface area contributed by atoms with Crippen LogP contribution in [0.3, 0.4) is 0 Å². The van der Waals surface area contributed by atoms with Crippen LogP contribution >= 0.6 is 0 Å². The Hall–Kier alpha value is 1.83. The molecule has 0 aromatic heterocycles. The van der Waals surface area contributed by atoms with E-state index in [1.165, 1.54) is 0 Å². The van der Waals surface area contributed by atoms with Gasteiger partial charge in [-0.1, -0.05) is 0 Å². The molecular formula is H4CrNbO4Ti. The zero-order valence-corrected chi connectivity index (χ0v) is 8.18. The first-order valence-corrected chi connectivity index (χ1v) is 3.69. The van der Waals surface area contributed by atoms with E-state index in [4.69, 9.17) is 14.8 Å². The number of rotatable bonds is 0. The molecule has 0 saturated heterocycles. The van der Waals surface area contributed by atoms with Crippen molar-refractivity contribution in [2.24, 2.45) is 0 Å². The fourth-order valence-electron chi connectivity index (χ4n) is 0. The quantitative estimate of drug-likeness (QED) is 0.372. The fourth-order valence-corrected chi connectivity index (χ4v) is 0. The first-order valence-electron chi connectivity index (χ1n) is 0.894. The van der Waals surface area contributed by atoms with Crippen molar-refractivity contribution >= 4 is 0 Å². The topological polar surface area (TPSA) is 80.9 Å². The molecule has 0 bridgehead atoms. The summed E-state index contributed by atoms with van der Waals surface area (Å²) < 4.78 is 29.5. The minimum absolute atomic E-state index is 0. The molecular weight excluding hydrogens is 257 g/mol. The zero-order valence-electron chi connectivity index (χ0n) is 3.14. The fraction of sp³-hybridized carbons (Fsp3) is 0. The van der Waals surface area contributed by atoms with Gasteiger partial charge in [0.2, 0.25) is 0 Å². The third kappa shape index (κ3) is 79.6. The second-order valence-corrected chi connectivity index (χ2v) is 2.47. The normalized spacial score (nSPS) is 8.57. The van der Waals surface area contributed by atoms with E-state index >= 15 is 0 Å². The predicted molar refractivity (Wildman–Crippen MR) is 8.88 cm³/mol. The summed E-state index contributed by atoms with van der Waals surface area (Å²) >= 11 is -5.00. The van der Waals surface area contributed by atoms with E-state index in [0.29, 0.717) is 0 Å². The summed E-state index contributed by atoms with van der Waals surface area (Å²) in [6.07, 6.45) is 0. The maximum atomic E-state index is 7.38. The summed E-state index contributed by atoms with van der Waals surface area (Å²) in [5, 5.41) is 0. The van der Waals surface area contributed by atoms with Gasteiger partial charge in [0.15, 0.2) is 0 Å². The van der Waals surface area contributed by atoms with Crippen molar-refractivity contribution in [3.8, 4) is 0 Å². The number of hydrogen-bond acceptors (Lipinski definition) is 4. The van der Waals surface area contributed by atoms with Crippen LogP contribution in [0.15, 0.2) is 0 Å². The molecule has 0 aliphatic rings. The van der Waals surface area contributed by atoms with Gasteiger partial charge >= 0.3 is 32.9 Å². The summed E-state index contributed by atoms with van der Waals surface area (Å²) in [5.41, 5.74) is 0. The Morgan fingerprint density at radius 1 is 0.857 bits per heavy atom. The molecule has 1 radical (unpaired) electrons. The molecule has 0 fully saturated rings. The van der Waals surface area contributed by atoms with E-state index in [1.54, 1.807) is 0 Å². The molecule has 0 saturated carbocycles. The van der Waals surface area contributed by atoms with Crippen LogP contribution in [-0.2, 0) is 57.9 Å². The molecule has 7 heavy (non-hydrogen) atoms. The SMILES string of the molecule is [Cr].[Nb].[OH][Ti]([OH])([OH])[OH]. The molecule has 43 valence electrons. The van der Waals surface area contributed by atoms with Crippen molar-refractivity contribution in [2.45, 2.75) is 0 Å². The average molecular weight is 261 g/mol. The Morgan fingerprint density at radius 3 is 0.857 bits per heavy atom. The molecule has 0 unspecified atom stereocenters. The van der Waals surface area contributed by atoms with Gasteiger partial charge < -0.3 is 0 Å². The summed E-state index contributed by atoms with van der Waals surface area (Å²) in [6.45, 7) is 0. The van der Waals surface area contributed by atoms with Gasteiger partial charge in [-0.3, -0.25) is 0 Å². The van der Waals surface area contributed by atoms with Gasteiger partial charge in [0.25, 0.3) is 0 Å². The van der Waals surface area contributed by atoms with Crippen molar-refractivity contribution in [1.29, 1.82) is 0 Å². The molecule has 0 aromatic carbocycles. The molecule has 0 heterocycles. The third-order valence-corrected chi connectivity index (χ3v) is 0. The van der Waals surface area contributed by atoms with Crippen LogP contribution in [-0.4, -0.2) is 14.8 Å². The Kier molecular flexibility index (Phi) is 13.5. The Bertz CT molecular complexity index is 27.2. The minimum atomic E-state index is -5.00. The number of hydrogen-bond donors (Lipinski definition) is 4. The molecule has 4 N–H and O–H groups in total. The molecule has 4 nitrogen and oxygen atoms in total. The van der Waals surface area contributed by atoms with E-state index in [-0.39, 0.29) is 39.7 Å². The maximum absolute atomic E-state index is 7.38. The van der Waals surface area contributed by atoms with E-state index in [9.17, 15) is 0 Å². The molecule has 0 amide bonds.